The molecule has 234 valence electrons. The number of amides is 1. The van der Waals surface area contributed by atoms with Crippen molar-refractivity contribution in [2.45, 2.75) is 65.2 Å². The van der Waals surface area contributed by atoms with Crippen LogP contribution in [0, 0.1) is 0 Å². The molecule has 1 aliphatic heterocycles. The van der Waals surface area contributed by atoms with E-state index in [1.54, 1.807) is 29.0 Å². The van der Waals surface area contributed by atoms with Gasteiger partial charge in [-0.25, -0.2) is 9.78 Å². The van der Waals surface area contributed by atoms with Gasteiger partial charge in [0.2, 0.25) is 0 Å². The van der Waals surface area contributed by atoms with E-state index in [0.29, 0.717) is 67.1 Å². The SMILES string of the molecule is CCCn1c(=O)c2[nH]c(-c3ccc(N(CCN4CCCCC4)C(=O)c4ccc(C(F)(F)F)nc4)nc3)cc2n(CCC)c1=O. The van der Waals surface area contributed by atoms with E-state index in [2.05, 4.69) is 19.9 Å². The molecule has 1 aliphatic rings. The highest BCUT2D eigenvalue weighted by Gasteiger charge is 2.32. The fourth-order valence-corrected chi connectivity index (χ4v) is 5.60. The van der Waals surface area contributed by atoms with Crippen LogP contribution in [0.3, 0.4) is 0 Å². The largest absolute Gasteiger partial charge is 0.433 e. The van der Waals surface area contributed by atoms with Crippen LogP contribution in [0.25, 0.3) is 22.3 Å². The molecule has 1 fully saturated rings. The lowest BCUT2D eigenvalue weighted by atomic mass is 10.1. The predicted octanol–water partition coefficient (Wildman–Crippen LogP) is 4.92. The number of likely N-dealkylation sites (tertiary alicyclic amines) is 1. The molecule has 0 aromatic carbocycles. The van der Waals surface area contributed by atoms with Crippen LogP contribution in [0.1, 0.15) is 62.0 Å². The van der Waals surface area contributed by atoms with Crippen molar-refractivity contribution in [2.75, 3.05) is 31.1 Å². The standard InChI is InChI=1S/C31H36F3N7O3/c1-3-12-39-24-18-23(37-27(24)29(43)41(13-4-2)30(39)44)21-9-11-26(36-19-21)40(17-16-38-14-6-5-7-15-38)28(42)22-8-10-25(35-20-22)31(32,33)34/h8-11,18-20,37H,3-7,12-17H2,1-2H3. The van der Waals surface area contributed by atoms with E-state index < -0.39 is 17.8 Å². The van der Waals surface area contributed by atoms with Crippen molar-refractivity contribution >= 4 is 22.8 Å². The Kier molecular flexibility index (Phi) is 9.33. The molecular weight excluding hydrogens is 575 g/mol. The van der Waals surface area contributed by atoms with Crippen molar-refractivity contribution in [3.05, 3.63) is 74.8 Å². The van der Waals surface area contributed by atoms with Gasteiger partial charge in [-0.1, -0.05) is 20.3 Å². The lowest BCUT2D eigenvalue weighted by Crippen LogP contribution is -2.41. The molecule has 0 spiro atoms. The van der Waals surface area contributed by atoms with Crippen LogP contribution >= 0.6 is 0 Å². The molecule has 0 unspecified atom stereocenters. The Morgan fingerprint density at radius 1 is 0.932 bits per heavy atom. The maximum absolute atomic E-state index is 13.6. The quantitative estimate of drug-likeness (QED) is 0.273. The second-order valence-electron chi connectivity index (χ2n) is 11.0. The summed E-state index contributed by atoms with van der Waals surface area (Å²) in [6, 6.07) is 7.11. The number of hydrogen-bond donors (Lipinski definition) is 1. The number of nitrogens with zero attached hydrogens (tertiary/aromatic N) is 6. The third kappa shape index (κ3) is 6.47. The molecule has 4 aromatic rings. The summed E-state index contributed by atoms with van der Waals surface area (Å²) in [5.41, 5.74) is 0.311. The Labute approximate surface area is 252 Å². The topological polar surface area (TPSA) is 109 Å². The van der Waals surface area contributed by atoms with E-state index in [1.807, 2.05) is 13.8 Å². The van der Waals surface area contributed by atoms with Crippen LogP contribution in [-0.2, 0) is 19.3 Å². The Balaban J connectivity index is 1.47. The Hall–Kier alpha value is -4.26. The molecule has 5 heterocycles. The second kappa shape index (κ2) is 13.2. The highest BCUT2D eigenvalue weighted by Crippen LogP contribution is 2.28. The van der Waals surface area contributed by atoms with Crippen LogP contribution < -0.4 is 16.1 Å². The number of hydrogen-bond acceptors (Lipinski definition) is 6. The lowest BCUT2D eigenvalue weighted by Gasteiger charge is -2.29. The maximum Gasteiger partial charge on any atom is 0.433 e. The average Bonchev–Trinajstić information content (AvgIpc) is 3.47. The number of piperidine rings is 1. The van der Waals surface area contributed by atoms with Gasteiger partial charge in [-0.05, 0) is 69.1 Å². The number of alkyl halides is 3. The summed E-state index contributed by atoms with van der Waals surface area (Å²) in [4.78, 5) is 54.7. The van der Waals surface area contributed by atoms with E-state index in [1.165, 1.54) is 9.47 Å². The van der Waals surface area contributed by atoms with Gasteiger partial charge < -0.3 is 9.88 Å². The molecule has 0 atom stereocenters. The van der Waals surface area contributed by atoms with Crippen molar-refractivity contribution in [1.29, 1.82) is 0 Å². The van der Waals surface area contributed by atoms with Gasteiger partial charge >= 0.3 is 11.9 Å². The summed E-state index contributed by atoms with van der Waals surface area (Å²) in [5, 5.41) is 0. The van der Waals surface area contributed by atoms with Gasteiger partial charge in [-0.3, -0.25) is 28.6 Å². The summed E-state index contributed by atoms with van der Waals surface area (Å²) in [6.07, 6.45) is 2.57. The first kappa shape index (κ1) is 31.2. The van der Waals surface area contributed by atoms with Crippen LogP contribution in [0.5, 0.6) is 0 Å². The first-order valence-electron chi connectivity index (χ1n) is 15.0. The average molecular weight is 612 g/mol. The van der Waals surface area contributed by atoms with Gasteiger partial charge in [0.15, 0.2) is 0 Å². The first-order valence-corrected chi connectivity index (χ1v) is 15.0. The minimum Gasteiger partial charge on any atom is -0.349 e. The van der Waals surface area contributed by atoms with Crippen LogP contribution in [0.4, 0.5) is 19.0 Å². The van der Waals surface area contributed by atoms with Crippen molar-refractivity contribution in [3.8, 4) is 11.3 Å². The first-order chi connectivity index (χ1) is 21.1. The number of carbonyl (C=O) groups is 1. The third-order valence-electron chi connectivity index (χ3n) is 7.87. The molecule has 0 saturated carbocycles. The Morgan fingerprint density at radius 3 is 2.27 bits per heavy atom. The number of halogens is 3. The molecule has 1 amide bonds. The van der Waals surface area contributed by atoms with Gasteiger partial charge in [0.05, 0.1) is 11.1 Å². The molecule has 1 N–H and O–H groups in total. The fourth-order valence-electron chi connectivity index (χ4n) is 5.60. The van der Waals surface area contributed by atoms with E-state index in [0.717, 1.165) is 50.7 Å². The van der Waals surface area contributed by atoms with Crippen LogP contribution in [0.15, 0.2) is 52.3 Å². The zero-order valence-corrected chi connectivity index (χ0v) is 24.9. The maximum atomic E-state index is 13.6. The lowest BCUT2D eigenvalue weighted by molar-refractivity contribution is -0.141. The highest BCUT2D eigenvalue weighted by atomic mass is 19.4. The summed E-state index contributed by atoms with van der Waals surface area (Å²) in [6.45, 7) is 7.35. The van der Waals surface area contributed by atoms with E-state index >= 15 is 0 Å². The monoisotopic (exact) mass is 611 g/mol. The van der Waals surface area contributed by atoms with Crippen LogP contribution in [-0.4, -0.2) is 61.1 Å². The molecule has 0 aliphatic carbocycles. The number of aromatic amines is 1. The number of rotatable bonds is 10. The molecule has 0 radical (unpaired) electrons. The number of pyridine rings is 2. The number of aromatic nitrogens is 5. The molecule has 4 aromatic heterocycles. The van der Waals surface area contributed by atoms with Crippen molar-refractivity contribution < 1.29 is 18.0 Å². The third-order valence-corrected chi connectivity index (χ3v) is 7.87. The van der Waals surface area contributed by atoms with Gasteiger partial charge in [-0.2, -0.15) is 13.2 Å². The van der Waals surface area contributed by atoms with Gasteiger partial charge in [0.1, 0.15) is 17.0 Å². The number of carbonyl (C=O) groups excluding carboxylic acids is 1. The minimum atomic E-state index is -4.61. The fraction of sp³-hybridized carbons (Fsp3) is 0.452. The summed E-state index contributed by atoms with van der Waals surface area (Å²) < 4.78 is 42.0. The summed E-state index contributed by atoms with van der Waals surface area (Å²) in [7, 11) is 0. The smallest absolute Gasteiger partial charge is 0.349 e. The van der Waals surface area contributed by atoms with E-state index in [4.69, 9.17) is 0 Å². The highest BCUT2D eigenvalue weighted by molar-refractivity contribution is 6.05. The van der Waals surface area contributed by atoms with Gasteiger partial charge in [0, 0.05) is 49.8 Å². The zero-order valence-electron chi connectivity index (χ0n) is 24.9. The van der Waals surface area contributed by atoms with E-state index in [-0.39, 0.29) is 16.8 Å². The minimum absolute atomic E-state index is 0.0235. The van der Waals surface area contributed by atoms with Crippen molar-refractivity contribution in [3.63, 3.8) is 0 Å². The molecule has 13 heteroatoms. The molecular formula is C31H36F3N7O3. The normalized spacial score (nSPS) is 14.3. The summed E-state index contributed by atoms with van der Waals surface area (Å²) in [5.74, 6) is -0.172. The molecule has 5 rings (SSSR count). The molecule has 10 nitrogen and oxygen atoms in total. The van der Waals surface area contributed by atoms with Crippen molar-refractivity contribution in [2.24, 2.45) is 0 Å². The number of nitrogens with one attached hydrogen (secondary N) is 1. The van der Waals surface area contributed by atoms with Crippen LogP contribution in [0.2, 0.25) is 0 Å². The van der Waals surface area contributed by atoms with Gasteiger partial charge in [0.25, 0.3) is 11.5 Å². The number of fused-ring (bicyclic) bond motifs is 1. The molecule has 1 saturated heterocycles. The Morgan fingerprint density at radius 2 is 1.66 bits per heavy atom. The number of H-pyrrole nitrogens is 1. The molecule has 44 heavy (non-hydrogen) atoms. The van der Waals surface area contributed by atoms with E-state index in [9.17, 15) is 27.6 Å². The second-order valence-corrected chi connectivity index (χ2v) is 11.0. The zero-order chi connectivity index (χ0) is 31.4. The number of aryl methyl sites for hydroxylation is 1. The predicted molar refractivity (Wildman–Crippen MR) is 162 cm³/mol. The number of anilines is 1. The van der Waals surface area contributed by atoms with Crippen molar-refractivity contribution in [1.82, 2.24) is 29.0 Å². The summed E-state index contributed by atoms with van der Waals surface area (Å²) >= 11 is 0. The Bertz CT molecular complexity index is 1720. The van der Waals surface area contributed by atoms with Gasteiger partial charge in [-0.15, -0.1) is 0 Å². The molecule has 0 bridgehead atoms.